The third-order valence-corrected chi connectivity index (χ3v) is 2.07. The first-order valence-electron chi connectivity index (χ1n) is 4.12. The maximum Gasteiger partial charge on any atom is 0.0589 e. The van der Waals surface area contributed by atoms with E-state index < -0.39 is 0 Å². The highest BCUT2D eigenvalue weighted by atomic mass is 16.5. The van der Waals surface area contributed by atoms with Crippen LogP contribution in [-0.2, 0) is 4.74 Å². The first-order valence-corrected chi connectivity index (χ1v) is 4.12. The molecule has 5 heteroatoms. The second kappa shape index (κ2) is 4.98. The summed E-state index contributed by atoms with van der Waals surface area (Å²) >= 11 is 0. The standard InChI is InChI=1S/C7H14N4O/c1-12-5-4-11-3-2-7(6-11)9-10-8/h7H,2-6H2,1H3/t7-/m0/s1. The van der Waals surface area contributed by atoms with Gasteiger partial charge in [-0.15, -0.1) is 0 Å². The highest BCUT2D eigenvalue weighted by Crippen LogP contribution is 2.11. The van der Waals surface area contributed by atoms with Crippen molar-refractivity contribution >= 4 is 0 Å². The van der Waals surface area contributed by atoms with Crippen LogP contribution in [0.1, 0.15) is 6.42 Å². The van der Waals surface area contributed by atoms with Crippen molar-refractivity contribution in [2.75, 3.05) is 33.4 Å². The van der Waals surface area contributed by atoms with Crippen molar-refractivity contribution in [2.45, 2.75) is 12.5 Å². The van der Waals surface area contributed by atoms with Crippen LogP contribution in [0.4, 0.5) is 0 Å². The lowest BCUT2D eigenvalue weighted by Gasteiger charge is -2.13. The van der Waals surface area contributed by atoms with Gasteiger partial charge in [0.15, 0.2) is 0 Å². The SMILES string of the molecule is COCCN1CC[C@H](N=[N+]=[N-])C1. The highest BCUT2D eigenvalue weighted by molar-refractivity contribution is 4.80. The molecule has 12 heavy (non-hydrogen) atoms. The van der Waals surface area contributed by atoms with Crippen molar-refractivity contribution in [1.82, 2.24) is 4.90 Å². The molecule has 1 saturated heterocycles. The molecule has 1 aliphatic rings. The zero-order valence-electron chi connectivity index (χ0n) is 7.31. The van der Waals surface area contributed by atoms with E-state index in [0.29, 0.717) is 0 Å². The molecule has 0 amide bonds. The van der Waals surface area contributed by atoms with Gasteiger partial charge in [0, 0.05) is 25.1 Å². The summed E-state index contributed by atoms with van der Waals surface area (Å²) in [4.78, 5) is 5.05. The number of likely N-dealkylation sites (tertiary alicyclic amines) is 1. The van der Waals surface area contributed by atoms with Crippen molar-refractivity contribution in [2.24, 2.45) is 5.11 Å². The molecule has 5 nitrogen and oxygen atoms in total. The Balaban J connectivity index is 2.21. The molecule has 1 heterocycles. The van der Waals surface area contributed by atoms with Gasteiger partial charge in [0.2, 0.25) is 0 Å². The monoisotopic (exact) mass is 170 g/mol. The van der Waals surface area contributed by atoms with Crippen molar-refractivity contribution in [3.8, 4) is 0 Å². The van der Waals surface area contributed by atoms with Crippen LogP contribution in [0.3, 0.4) is 0 Å². The second-order valence-electron chi connectivity index (χ2n) is 2.94. The molecule has 0 saturated carbocycles. The van der Waals surface area contributed by atoms with E-state index in [1.54, 1.807) is 7.11 Å². The molecule has 68 valence electrons. The van der Waals surface area contributed by atoms with Gasteiger partial charge in [-0.1, -0.05) is 5.11 Å². The smallest absolute Gasteiger partial charge is 0.0589 e. The van der Waals surface area contributed by atoms with E-state index in [4.69, 9.17) is 10.3 Å². The van der Waals surface area contributed by atoms with E-state index >= 15 is 0 Å². The van der Waals surface area contributed by atoms with E-state index in [0.717, 1.165) is 32.7 Å². The maximum atomic E-state index is 8.20. The Hall–Kier alpha value is -0.770. The predicted molar refractivity (Wildman–Crippen MR) is 45.9 cm³/mol. The molecule has 1 fully saturated rings. The lowest BCUT2D eigenvalue weighted by atomic mass is 10.3. The Morgan fingerprint density at radius 1 is 1.75 bits per heavy atom. The van der Waals surface area contributed by atoms with E-state index in [1.807, 2.05) is 0 Å². The first kappa shape index (κ1) is 9.32. The number of hydrogen-bond acceptors (Lipinski definition) is 3. The summed E-state index contributed by atoms with van der Waals surface area (Å²) in [5, 5.41) is 3.68. The van der Waals surface area contributed by atoms with Gasteiger partial charge in [-0.2, -0.15) is 0 Å². The Kier molecular flexibility index (Phi) is 3.87. The number of rotatable bonds is 4. The van der Waals surface area contributed by atoms with Gasteiger partial charge in [0.05, 0.1) is 12.6 Å². The third kappa shape index (κ3) is 2.70. The van der Waals surface area contributed by atoms with E-state index in [2.05, 4.69) is 14.9 Å². The van der Waals surface area contributed by atoms with Crippen molar-refractivity contribution < 1.29 is 4.74 Å². The Bertz CT molecular complexity index is 178. The molecule has 0 unspecified atom stereocenters. The Labute approximate surface area is 71.9 Å². The lowest BCUT2D eigenvalue weighted by Crippen LogP contribution is -2.25. The molecule has 0 bridgehead atoms. The van der Waals surface area contributed by atoms with Gasteiger partial charge in [0.1, 0.15) is 0 Å². The largest absolute Gasteiger partial charge is 0.383 e. The van der Waals surface area contributed by atoms with E-state index in [1.165, 1.54) is 0 Å². The van der Waals surface area contributed by atoms with Crippen LogP contribution in [0.15, 0.2) is 5.11 Å². The van der Waals surface area contributed by atoms with Crippen LogP contribution in [0.2, 0.25) is 0 Å². The zero-order chi connectivity index (χ0) is 8.81. The van der Waals surface area contributed by atoms with Gasteiger partial charge >= 0.3 is 0 Å². The molecule has 0 aromatic heterocycles. The molecule has 0 aromatic rings. The van der Waals surface area contributed by atoms with Crippen LogP contribution in [0, 0.1) is 0 Å². The van der Waals surface area contributed by atoms with Gasteiger partial charge in [0.25, 0.3) is 0 Å². The molecule has 0 aliphatic carbocycles. The molecular formula is C7H14N4O. The summed E-state index contributed by atoms with van der Waals surface area (Å²) in [6.45, 7) is 3.59. The van der Waals surface area contributed by atoms with Gasteiger partial charge in [-0.3, -0.25) is 0 Å². The van der Waals surface area contributed by atoms with Crippen LogP contribution >= 0.6 is 0 Å². The summed E-state index contributed by atoms with van der Waals surface area (Å²) in [7, 11) is 1.70. The first-order chi connectivity index (χ1) is 5.86. The third-order valence-electron chi connectivity index (χ3n) is 2.07. The Morgan fingerprint density at radius 3 is 3.25 bits per heavy atom. The fourth-order valence-electron chi connectivity index (χ4n) is 1.40. The van der Waals surface area contributed by atoms with E-state index in [9.17, 15) is 0 Å². The molecular weight excluding hydrogens is 156 g/mol. The van der Waals surface area contributed by atoms with Crippen molar-refractivity contribution in [1.29, 1.82) is 0 Å². The minimum absolute atomic E-state index is 0.173. The molecule has 1 rings (SSSR count). The molecule has 0 spiro atoms. The average molecular weight is 170 g/mol. The number of nitrogens with zero attached hydrogens (tertiary/aromatic N) is 4. The molecule has 1 atom stereocenters. The van der Waals surface area contributed by atoms with Gasteiger partial charge < -0.3 is 9.64 Å². The normalized spacial score (nSPS) is 23.9. The van der Waals surface area contributed by atoms with Crippen LogP contribution in [0.25, 0.3) is 10.4 Å². The maximum absolute atomic E-state index is 8.20. The zero-order valence-corrected chi connectivity index (χ0v) is 7.31. The average Bonchev–Trinajstić information content (AvgIpc) is 2.50. The van der Waals surface area contributed by atoms with Crippen molar-refractivity contribution in [3.63, 3.8) is 0 Å². The molecule has 1 aliphatic heterocycles. The van der Waals surface area contributed by atoms with Crippen LogP contribution in [0.5, 0.6) is 0 Å². The highest BCUT2D eigenvalue weighted by Gasteiger charge is 2.20. The fraction of sp³-hybridized carbons (Fsp3) is 1.00. The van der Waals surface area contributed by atoms with Crippen LogP contribution in [-0.4, -0.2) is 44.3 Å². The van der Waals surface area contributed by atoms with Gasteiger partial charge in [-0.05, 0) is 18.5 Å². The summed E-state index contributed by atoms with van der Waals surface area (Å²) in [6.07, 6.45) is 0.980. The lowest BCUT2D eigenvalue weighted by molar-refractivity contribution is 0.160. The number of ether oxygens (including phenoxy) is 1. The summed E-state index contributed by atoms with van der Waals surface area (Å²) in [5.41, 5.74) is 8.20. The topological polar surface area (TPSA) is 61.2 Å². The summed E-state index contributed by atoms with van der Waals surface area (Å²) in [5.74, 6) is 0. The summed E-state index contributed by atoms with van der Waals surface area (Å²) in [6, 6.07) is 0.173. The fourth-order valence-corrected chi connectivity index (χ4v) is 1.40. The van der Waals surface area contributed by atoms with Crippen molar-refractivity contribution in [3.05, 3.63) is 10.4 Å². The molecule has 0 N–H and O–H groups in total. The quantitative estimate of drug-likeness (QED) is 0.359. The number of methoxy groups -OCH3 is 1. The molecule has 0 aromatic carbocycles. The Morgan fingerprint density at radius 2 is 2.58 bits per heavy atom. The summed E-state index contributed by atoms with van der Waals surface area (Å²) < 4.78 is 4.95. The molecule has 0 radical (unpaired) electrons. The number of hydrogen-bond donors (Lipinski definition) is 0. The second-order valence-corrected chi connectivity index (χ2v) is 2.94. The minimum atomic E-state index is 0.173. The minimum Gasteiger partial charge on any atom is -0.383 e. The van der Waals surface area contributed by atoms with Gasteiger partial charge in [-0.25, -0.2) is 0 Å². The number of azide groups is 1. The van der Waals surface area contributed by atoms with Crippen LogP contribution < -0.4 is 0 Å². The van der Waals surface area contributed by atoms with E-state index in [-0.39, 0.29) is 6.04 Å². The predicted octanol–water partition coefficient (Wildman–Crippen LogP) is 1.02.